The van der Waals surface area contributed by atoms with Crippen LogP contribution < -0.4 is 4.74 Å². The maximum Gasteiger partial charge on any atom is 0.338 e. The van der Waals surface area contributed by atoms with E-state index in [4.69, 9.17) is 9.47 Å². The lowest BCUT2D eigenvalue weighted by molar-refractivity contribution is 0.0466. The largest absolute Gasteiger partial charge is 0.494 e. The smallest absolute Gasteiger partial charge is 0.338 e. The van der Waals surface area contributed by atoms with Crippen LogP contribution in [0.1, 0.15) is 44.0 Å². The summed E-state index contributed by atoms with van der Waals surface area (Å²) < 4.78 is 10.9. The number of hydrogen-bond donors (Lipinski definition) is 0. The second kappa shape index (κ2) is 10.2. The van der Waals surface area contributed by atoms with Crippen LogP contribution in [0.15, 0.2) is 24.3 Å². The number of esters is 1. The molecule has 0 saturated carbocycles. The summed E-state index contributed by atoms with van der Waals surface area (Å²) in [5.74, 6) is 0.435. The van der Waals surface area contributed by atoms with Crippen LogP contribution in [0.25, 0.3) is 0 Å². The molecule has 0 radical (unpaired) electrons. The van der Waals surface area contributed by atoms with Crippen LogP contribution in [0, 0.1) is 0 Å². The number of hydrogen-bond acceptors (Lipinski definition) is 4. The van der Waals surface area contributed by atoms with Crippen LogP contribution in [-0.4, -0.2) is 43.7 Å². The van der Waals surface area contributed by atoms with Crippen molar-refractivity contribution in [2.45, 2.75) is 33.6 Å². The Hall–Kier alpha value is -1.55. The lowest BCUT2D eigenvalue weighted by atomic mass is 10.2. The molecule has 0 N–H and O–H groups in total. The van der Waals surface area contributed by atoms with Gasteiger partial charge in [-0.3, -0.25) is 0 Å². The van der Waals surface area contributed by atoms with Gasteiger partial charge in [-0.1, -0.05) is 33.3 Å². The molecule has 21 heavy (non-hydrogen) atoms. The summed E-state index contributed by atoms with van der Waals surface area (Å²) in [7, 11) is 0. The number of ether oxygens (including phenoxy) is 2. The summed E-state index contributed by atoms with van der Waals surface area (Å²) in [6.07, 6.45) is 2.10. The third kappa shape index (κ3) is 6.63. The molecule has 118 valence electrons. The van der Waals surface area contributed by atoms with Gasteiger partial charge in [0.1, 0.15) is 12.4 Å². The van der Waals surface area contributed by atoms with Crippen molar-refractivity contribution in [2.75, 3.05) is 32.8 Å². The molecular weight excluding hydrogens is 266 g/mol. The molecule has 1 aromatic rings. The minimum Gasteiger partial charge on any atom is -0.494 e. The highest BCUT2D eigenvalue weighted by atomic mass is 16.5. The standard InChI is InChI=1S/C17H27NO3/c1-4-7-12-20-16-10-8-9-15(14-16)17(19)21-13-11-18(5-2)6-3/h8-10,14H,4-7,11-13H2,1-3H3. The van der Waals surface area contributed by atoms with Crippen molar-refractivity contribution in [3.8, 4) is 5.75 Å². The molecule has 0 aromatic heterocycles. The minimum absolute atomic E-state index is 0.289. The Morgan fingerprint density at radius 2 is 1.90 bits per heavy atom. The summed E-state index contributed by atoms with van der Waals surface area (Å²) in [6.45, 7) is 10.1. The Labute approximate surface area is 128 Å². The van der Waals surface area contributed by atoms with Gasteiger partial charge in [-0.2, -0.15) is 0 Å². The fourth-order valence-electron chi connectivity index (χ4n) is 1.94. The summed E-state index contributed by atoms with van der Waals surface area (Å²) in [4.78, 5) is 14.2. The van der Waals surface area contributed by atoms with Gasteiger partial charge in [-0.05, 0) is 37.7 Å². The van der Waals surface area contributed by atoms with Crippen LogP contribution in [0.5, 0.6) is 5.75 Å². The van der Waals surface area contributed by atoms with Crippen LogP contribution >= 0.6 is 0 Å². The van der Waals surface area contributed by atoms with Crippen molar-refractivity contribution >= 4 is 5.97 Å². The van der Waals surface area contributed by atoms with Gasteiger partial charge in [0.2, 0.25) is 0 Å². The molecule has 0 bridgehead atoms. The molecule has 0 heterocycles. The van der Waals surface area contributed by atoms with Gasteiger partial charge >= 0.3 is 5.97 Å². The van der Waals surface area contributed by atoms with Gasteiger partial charge in [0.15, 0.2) is 0 Å². The molecular formula is C17H27NO3. The Balaban J connectivity index is 2.44. The van der Waals surface area contributed by atoms with E-state index in [1.165, 1.54) is 0 Å². The first-order chi connectivity index (χ1) is 10.2. The highest BCUT2D eigenvalue weighted by Gasteiger charge is 2.09. The van der Waals surface area contributed by atoms with E-state index in [9.17, 15) is 4.79 Å². The summed E-state index contributed by atoms with van der Waals surface area (Å²) in [5, 5.41) is 0. The van der Waals surface area contributed by atoms with Crippen molar-refractivity contribution in [1.29, 1.82) is 0 Å². The number of carbonyl (C=O) groups is 1. The van der Waals surface area contributed by atoms with Crippen LogP contribution in [0.2, 0.25) is 0 Å². The molecule has 1 aromatic carbocycles. The summed E-state index contributed by atoms with van der Waals surface area (Å²) in [6, 6.07) is 7.19. The molecule has 0 aliphatic heterocycles. The van der Waals surface area contributed by atoms with E-state index >= 15 is 0 Å². The van der Waals surface area contributed by atoms with Crippen molar-refractivity contribution in [3.05, 3.63) is 29.8 Å². The molecule has 4 nitrogen and oxygen atoms in total. The lowest BCUT2D eigenvalue weighted by Crippen LogP contribution is -2.27. The molecule has 0 fully saturated rings. The van der Waals surface area contributed by atoms with E-state index in [0.717, 1.165) is 38.2 Å². The van der Waals surface area contributed by atoms with Gasteiger partial charge in [0, 0.05) is 6.54 Å². The SMILES string of the molecule is CCCCOc1cccc(C(=O)OCCN(CC)CC)c1. The third-order valence-corrected chi connectivity index (χ3v) is 3.37. The van der Waals surface area contributed by atoms with Gasteiger partial charge in [-0.25, -0.2) is 4.79 Å². The van der Waals surface area contributed by atoms with E-state index < -0.39 is 0 Å². The first-order valence-corrected chi connectivity index (χ1v) is 7.83. The topological polar surface area (TPSA) is 38.8 Å². The first kappa shape index (κ1) is 17.5. The predicted molar refractivity (Wildman–Crippen MR) is 84.9 cm³/mol. The van der Waals surface area contributed by atoms with Crippen molar-refractivity contribution in [2.24, 2.45) is 0 Å². The van der Waals surface area contributed by atoms with E-state index in [-0.39, 0.29) is 5.97 Å². The monoisotopic (exact) mass is 293 g/mol. The van der Waals surface area contributed by atoms with Gasteiger partial charge in [0.05, 0.1) is 12.2 Å². The fraction of sp³-hybridized carbons (Fsp3) is 0.588. The Morgan fingerprint density at radius 1 is 1.14 bits per heavy atom. The van der Waals surface area contributed by atoms with Crippen molar-refractivity contribution in [3.63, 3.8) is 0 Å². The Morgan fingerprint density at radius 3 is 2.57 bits per heavy atom. The maximum absolute atomic E-state index is 12.0. The maximum atomic E-state index is 12.0. The molecule has 0 aliphatic carbocycles. The lowest BCUT2D eigenvalue weighted by Gasteiger charge is -2.17. The van der Waals surface area contributed by atoms with E-state index in [2.05, 4.69) is 25.7 Å². The van der Waals surface area contributed by atoms with Gasteiger partial charge < -0.3 is 14.4 Å². The average molecular weight is 293 g/mol. The van der Waals surface area contributed by atoms with Gasteiger partial charge in [0.25, 0.3) is 0 Å². The predicted octanol–water partition coefficient (Wildman–Crippen LogP) is 3.36. The van der Waals surface area contributed by atoms with E-state index in [1.807, 2.05) is 12.1 Å². The Bertz CT molecular complexity index is 416. The zero-order chi connectivity index (χ0) is 15.5. The van der Waals surface area contributed by atoms with Crippen molar-refractivity contribution < 1.29 is 14.3 Å². The molecule has 0 aliphatic rings. The molecule has 0 saturated heterocycles. The number of carbonyl (C=O) groups excluding carboxylic acids is 1. The second-order valence-corrected chi connectivity index (χ2v) is 4.89. The molecule has 0 atom stereocenters. The third-order valence-electron chi connectivity index (χ3n) is 3.37. The van der Waals surface area contributed by atoms with E-state index in [1.54, 1.807) is 12.1 Å². The average Bonchev–Trinajstić information content (AvgIpc) is 2.52. The number of likely N-dealkylation sites (N-methyl/N-ethyl adjacent to an activating group) is 1. The number of benzene rings is 1. The number of rotatable bonds is 10. The van der Waals surface area contributed by atoms with Crippen molar-refractivity contribution in [1.82, 2.24) is 4.90 Å². The molecule has 1 rings (SSSR count). The highest BCUT2D eigenvalue weighted by molar-refractivity contribution is 5.89. The normalized spacial score (nSPS) is 10.7. The second-order valence-electron chi connectivity index (χ2n) is 4.89. The first-order valence-electron chi connectivity index (χ1n) is 7.83. The fourth-order valence-corrected chi connectivity index (χ4v) is 1.94. The zero-order valence-electron chi connectivity index (χ0n) is 13.4. The zero-order valence-corrected chi connectivity index (χ0v) is 13.4. The van der Waals surface area contributed by atoms with E-state index in [0.29, 0.717) is 18.8 Å². The van der Waals surface area contributed by atoms with Gasteiger partial charge in [-0.15, -0.1) is 0 Å². The van der Waals surface area contributed by atoms with Crippen LogP contribution in [-0.2, 0) is 4.74 Å². The van der Waals surface area contributed by atoms with Crippen LogP contribution in [0.3, 0.4) is 0 Å². The number of unbranched alkanes of at least 4 members (excludes halogenated alkanes) is 1. The molecule has 0 unspecified atom stereocenters. The quantitative estimate of drug-likeness (QED) is 0.490. The molecule has 0 spiro atoms. The molecule has 0 amide bonds. The van der Waals surface area contributed by atoms with Crippen LogP contribution in [0.4, 0.5) is 0 Å². The number of nitrogens with zero attached hydrogens (tertiary/aromatic N) is 1. The minimum atomic E-state index is -0.289. The highest BCUT2D eigenvalue weighted by Crippen LogP contribution is 2.14. The summed E-state index contributed by atoms with van der Waals surface area (Å²) in [5.41, 5.74) is 0.545. The Kier molecular flexibility index (Phi) is 8.51. The molecule has 4 heteroatoms. The summed E-state index contributed by atoms with van der Waals surface area (Å²) >= 11 is 0.